The van der Waals surface area contributed by atoms with Crippen molar-refractivity contribution >= 4 is 23.1 Å². The second-order valence-electron chi connectivity index (χ2n) is 2.51. The molecule has 0 amide bonds. The number of nitro groups is 1. The summed E-state index contributed by atoms with van der Waals surface area (Å²) in [5.41, 5.74) is 0.418. The van der Waals surface area contributed by atoms with Gasteiger partial charge in [0.25, 0.3) is 5.16 Å². The Morgan fingerprint density at radius 3 is 3.07 bits per heavy atom. The van der Waals surface area contributed by atoms with E-state index in [1.165, 1.54) is 18.0 Å². The average Bonchev–Trinajstić information content (AvgIpc) is 2.56. The van der Waals surface area contributed by atoms with Crippen molar-refractivity contribution in [3.63, 3.8) is 0 Å². The Bertz CT molecular complexity index is 495. The maximum atomic E-state index is 10.6. The van der Waals surface area contributed by atoms with E-state index in [1.54, 1.807) is 16.8 Å². The fourth-order valence-electron chi connectivity index (χ4n) is 1.17. The van der Waals surface area contributed by atoms with Crippen molar-refractivity contribution in [3.05, 3.63) is 28.7 Å². The van der Waals surface area contributed by atoms with Crippen LogP contribution < -0.4 is 0 Å². The number of thioether (sulfide) groups is 1. The highest BCUT2D eigenvalue weighted by Crippen LogP contribution is 2.23. The summed E-state index contributed by atoms with van der Waals surface area (Å²) in [6, 6.07) is 0. The van der Waals surface area contributed by atoms with Gasteiger partial charge in [-0.25, -0.2) is 0 Å². The molecule has 0 N–H and O–H groups in total. The molecule has 0 radical (unpaired) electrons. The molecule has 6 nitrogen and oxygen atoms in total. The Hall–Kier alpha value is -1.63. The Balaban J connectivity index is 2.80. The molecule has 2 heterocycles. The van der Waals surface area contributed by atoms with E-state index in [4.69, 9.17) is 0 Å². The van der Waals surface area contributed by atoms with Gasteiger partial charge in [-0.1, -0.05) is 11.8 Å². The first kappa shape index (κ1) is 8.95. The molecular formula is C7H6N4O2S. The third-order valence-corrected chi connectivity index (χ3v) is 2.40. The fourth-order valence-corrected chi connectivity index (χ4v) is 1.71. The van der Waals surface area contributed by atoms with Gasteiger partial charge in [-0.3, -0.25) is 9.38 Å². The molecule has 72 valence electrons. The summed E-state index contributed by atoms with van der Waals surface area (Å²) in [6.07, 6.45) is 6.48. The van der Waals surface area contributed by atoms with E-state index in [-0.39, 0.29) is 5.82 Å². The van der Waals surface area contributed by atoms with Crippen molar-refractivity contribution in [1.29, 1.82) is 0 Å². The number of fused-ring (bicyclic) bond motifs is 1. The predicted molar refractivity (Wildman–Crippen MR) is 51.4 cm³/mol. The van der Waals surface area contributed by atoms with E-state index in [9.17, 15) is 10.1 Å². The lowest BCUT2D eigenvalue weighted by atomic mass is 10.5. The molecule has 14 heavy (non-hydrogen) atoms. The van der Waals surface area contributed by atoms with Crippen molar-refractivity contribution in [3.8, 4) is 0 Å². The van der Waals surface area contributed by atoms with Gasteiger partial charge in [0.1, 0.15) is 0 Å². The molecule has 0 aliphatic rings. The van der Waals surface area contributed by atoms with Gasteiger partial charge in [0.15, 0.2) is 5.52 Å². The zero-order valence-electron chi connectivity index (χ0n) is 7.25. The number of aromatic nitrogens is 3. The normalized spacial score (nSPS) is 10.6. The van der Waals surface area contributed by atoms with Gasteiger partial charge in [-0.15, -0.1) is 0 Å². The fraction of sp³-hybridized carbons (Fsp3) is 0.143. The summed E-state index contributed by atoms with van der Waals surface area (Å²) in [5, 5.41) is 11.2. The van der Waals surface area contributed by atoms with E-state index < -0.39 is 4.92 Å². The number of hydrogen-bond acceptors (Lipinski definition) is 5. The van der Waals surface area contributed by atoms with Gasteiger partial charge in [-0.05, 0) is 16.2 Å². The third kappa shape index (κ3) is 1.22. The van der Waals surface area contributed by atoms with Crippen molar-refractivity contribution < 1.29 is 4.92 Å². The molecule has 7 heteroatoms. The lowest BCUT2D eigenvalue weighted by Gasteiger charge is -1.91. The number of nitrogens with zero attached hydrogens (tertiary/aromatic N) is 4. The molecule has 0 fully saturated rings. The van der Waals surface area contributed by atoms with E-state index in [1.807, 2.05) is 6.26 Å². The zero-order valence-corrected chi connectivity index (χ0v) is 8.06. The van der Waals surface area contributed by atoms with Crippen molar-refractivity contribution in [2.45, 2.75) is 5.16 Å². The summed E-state index contributed by atoms with van der Waals surface area (Å²) in [6.45, 7) is 0. The first-order valence-electron chi connectivity index (χ1n) is 3.74. The molecule has 0 aromatic carbocycles. The predicted octanol–water partition coefficient (Wildman–Crippen LogP) is 1.36. The van der Waals surface area contributed by atoms with E-state index >= 15 is 0 Å². The first-order valence-corrected chi connectivity index (χ1v) is 4.97. The van der Waals surface area contributed by atoms with Gasteiger partial charge >= 0.3 is 5.82 Å². The van der Waals surface area contributed by atoms with Crippen LogP contribution in [0.25, 0.3) is 5.52 Å². The van der Waals surface area contributed by atoms with E-state index in [0.717, 1.165) is 0 Å². The maximum Gasteiger partial charge on any atom is 0.392 e. The second-order valence-corrected chi connectivity index (χ2v) is 3.28. The topological polar surface area (TPSA) is 73.3 Å². The lowest BCUT2D eigenvalue weighted by Crippen LogP contribution is -1.89. The van der Waals surface area contributed by atoms with E-state index in [2.05, 4.69) is 9.97 Å². The number of hydrogen-bond donors (Lipinski definition) is 0. The van der Waals surface area contributed by atoms with Gasteiger partial charge < -0.3 is 10.1 Å². The summed E-state index contributed by atoms with van der Waals surface area (Å²) >= 11 is 1.36. The SMILES string of the molecule is CSc1nc([N+](=O)[O-])c2cnccn12. The van der Waals surface area contributed by atoms with Gasteiger partial charge in [0.2, 0.25) is 0 Å². The maximum absolute atomic E-state index is 10.6. The first-order chi connectivity index (χ1) is 6.74. The van der Waals surface area contributed by atoms with E-state index in [0.29, 0.717) is 10.7 Å². The summed E-state index contributed by atoms with van der Waals surface area (Å²) in [5.74, 6) is -0.151. The summed E-state index contributed by atoms with van der Waals surface area (Å²) in [7, 11) is 0. The lowest BCUT2D eigenvalue weighted by molar-refractivity contribution is -0.387. The Morgan fingerprint density at radius 2 is 2.43 bits per heavy atom. The zero-order chi connectivity index (χ0) is 10.1. The molecular weight excluding hydrogens is 204 g/mol. The van der Waals surface area contributed by atoms with Crippen LogP contribution in [-0.2, 0) is 0 Å². The van der Waals surface area contributed by atoms with Crippen LogP contribution in [0.15, 0.2) is 23.7 Å². The van der Waals surface area contributed by atoms with Crippen LogP contribution in [0.1, 0.15) is 0 Å². The highest BCUT2D eigenvalue weighted by molar-refractivity contribution is 7.98. The molecule has 0 aliphatic heterocycles. The Morgan fingerprint density at radius 1 is 1.64 bits per heavy atom. The standard InChI is InChI=1S/C7H6N4O2S/c1-14-7-9-6(11(12)13)5-4-8-2-3-10(5)7/h2-4H,1H3. The largest absolute Gasteiger partial charge is 0.392 e. The molecule has 0 atom stereocenters. The van der Waals surface area contributed by atoms with Crippen molar-refractivity contribution in [2.24, 2.45) is 0 Å². The average molecular weight is 210 g/mol. The second kappa shape index (κ2) is 3.26. The van der Waals surface area contributed by atoms with Gasteiger partial charge in [-0.2, -0.15) is 0 Å². The Kier molecular flexibility index (Phi) is 2.08. The van der Waals surface area contributed by atoms with Crippen molar-refractivity contribution in [2.75, 3.05) is 6.26 Å². The highest BCUT2D eigenvalue weighted by Gasteiger charge is 2.20. The molecule has 0 bridgehead atoms. The molecule has 2 rings (SSSR count). The summed E-state index contributed by atoms with van der Waals surface area (Å²) < 4.78 is 1.65. The van der Waals surface area contributed by atoms with Crippen LogP contribution in [-0.4, -0.2) is 25.5 Å². The molecule has 0 spiro atoms. The minimum Gasteiger partial charge on any atom is -0.358 e. The monoisotopic (exact) mass is 210 g/mol. The highest BCUT2D eigenvalue weighted by atomic mass is 32.2. The number of imidazole rings is 1. The van der Waals surface area contributed by atoms with Crippen LogP contribution in [0.5, 0.6) is 0 Å². The quantitative estimate of drug-likeness (QED) is 0.425. The van der Waals surface area contributed by atoms with Crippen molar-refractivity contribution in [1.82, 2.24) is 14.4 Å². The molecule has 2 aromatic rings. The Labute approximate surface area is 83.1 Å². The van der Waals surface area contributed by atoms with Gasteiger partial charge in [0, 0.05) is 12.4 Å². The van der Waals surface area contributed by atoms with Crippen LogP contribution in [0.2, 0.25) is 0 Å². The number of rotatable bonds is 2. The molecule has 0 aliphatic carbocycles. The third-order valence-electron chi connectivity index (χ3n) is 1.75. The summed E-state index contributed by atoms with van der Waals surface area (Å²) in [4.78, 5) is 17.9. The molecule has 0 unspecified atom stereocenters. The minimum absolute atomic E-state index is 0.151. The van der Waals surface area contributed by atoms with Crippen LogP contribution >= 0.6 is 11.8 Å². The smallest absolute Gasteiger partial charge is 0.358 e. The van der Waals surface area contributed by atoms with Crippen LogP contribution in [0.4, 0.5) is 5.82 Å². The molecule has 2 aromatic heterocycles. The minimum atomic E-state index is -0.503. The molecule has 0 saturated carbocycles. The molecule has 0 saturated heterocycles. The van der Waals surface area contributed by atoms with Gasteiger partial charge in [0.05, 0.1) is 6.20 Å². The van der Waals surface area contributed by atoms with Crippen LogP contribution in [0, 0.1) is 10.1 Å². The van der Waals surface area contributed by atoms with Crippen LogP contribution in [0.3, 0.4) is 0 Å².